The van der Waals surface area contributed by atoms with Crippen molar-refractivity contribution in [2.75, 3.05) is 25.0 Å². The van der Waals surface area contributed by atoms with Gasteiger partial charge in [0.25, 0.3) is 20.2 Å². The molecule has 9 nitrogen and oxygen atoms in total. The van der Waals surface area contributed by atoms with E-state index in [0.717, 1.165) is 36.3 Å². The summed E-state index contributed by atoms with van der Waals surface area (Å²) in [6, 6.07) is 14.1. The molecule has 1 aliphatic carbocycles. The van der Waals surface area contributed by atoms with Gasteiger partial charge in [-0.1, -0.05) is 6.07 Å². The first-order valence-electron chi connectivity index (χ1n) is 11.4. The van der Waals surface area contributed by atoms with Gasteiger partial charge < -0.3 is 9.73 Å². The molecule has 2 aliphatic rings. The molecule has 0 saturated heterocycles. The summed E-state index contributed by atoms with van der Waals surface area (Å²) in [7, 11) is -9.59. The van der Waals surface area contributed by atoms with Crippen LogP contribution in [0.25, 0.3) is 33.4 Å². The third kappa shape index (κ3) is 4.87. The van der Waals surface area contributed by atoms with Gasteiger partial charge in [0, 0.05) is 46.4 Å². The summed E-state index contributed by atoms with van der Waals surface area (Å²) in [5.41, 5.74) is 2.35. The smallest absolute Gasteiger partial charge is 0.295 e. The summed E-state index contributed by atoms with van der Waals surface area (Å²) < 4.78 is 76.0. The summed E-state index contributed by atoms with van der Waals surface area (Å²) in [6.07, 6.45) is 0. The second-order valence-corrected chi connectivity index (χ2v) is 11.0. The lowest BCUT2D eigenvalue weighted by Crippen LogP contribution is -2.29. The molecule has 0 bridgehead atoms. The molecule has 2 aromatic rings. The lowest BCUT2D eigenvalue weighted by molar-refractivity contribution is 0.481. The summed E-state index contributed by atoms with van der Waals surface area (Å²) in [5.74, 6) is 0.482. The van der Waals surface area contributed by atoms with Crippen LogP contribution in [0.1, 0.15) is 20.8 Å². The molecule has 1 aliphatic heterocycles. The number of anilines is 1. The van der Waals surface area contributed by atoms with Crippen molar-refractivity contribution in [3.05, 3.63) is 60.0 Å². The zero-order valence-electron chi connectivity index (χ0n) is 20.0. The van der Waals surface area contributed by atoms with Crippen LogP contribution in [0.4, 0.5) is 5.69 Å². The van der Waals surface area contributed by atoms with Crippen LogP contribution in [0, 0.1) is 0 Å². The van der Waals surface area contributed by atoms with Crippen LogP contribution in [0.5, 0.6) is 0 Å². The second-order valence-electron chi connectivity index (χ2n) is 8.18. The van der Waals surface area contributed by atoms with Crippen molar-refractivity contribution in [1.29, 1.82) is 0 Å². The van der Waals surface area contributed by atoms with Gasteiger partial charge in [0.05, 0.1) is 11.0 Å². The summed E-state index contributed by atoms with van der Waals surface area (Å²) in [5, 5.41) is 4.69. The zero-order valence-corrected chi connectivity index (χ0v) is 21.6. The van der Waals surface area contributed by atoms with E-state index in [0.29, 0.717) is 34.4 Å². The largest absolute Gasteiger partial charge is 0.456 e. The van der Waals surface area contributed by atoms with E-state index in [1.54, 1.807) is 12.1 Å². The maximum Gasteiger partial charge on any atom is 0.295 e. The molecule has 36 heavy (non-hydrogen) atoms. The van der Waals surface area contributed by atoms with Crippen molar-refractivity contribution in [3.8, 4) is 22.5 Å². The standard InChI is InChI=1S/C25H26N2O7S2/c1-4-26-16-7-10-19-22(13-16)34-23-14-17(27(5-2)6-3)8-11-20(23)25(19)21-12-9-18(35(28,29)30)15-24(21)36(31,32)33/h7-15H,4-6H2,1-3H3,(H2,28,29,30,31,32,33)/p+1. The molecule has 0 aromatic heterocycles. The molecule has 0 radical (unpaired) electrons. The Kier molecular flexibility index (Phi) is 6.93. The number of fused-ring (bicyclic) bond motifs is 2. The van der Waals surface area contributed by atoms with Crippen LogP contribution >= 0.6 is 0 Å². The number of nitrogens with one attached hydrogen (secondary N) is 1. The maximum absolute atomic E-state index is 12.4. The van der Waals surface area contributed by atoms with Crippen molar-refractivity contribution in [2.45, 2.75) is 30.6 Å². The minimum absolute atomic E-state index is 0.0717. The predicted octanol–water partition coefficient (Wildman–Crippen LogP) is 3.94. The van der Waals surface area contributed by atoms with Gasteiger partial charge in [-0.3, -0.25) is 9.11 Å². The van der Waals surface area contributed by atoms with Crippen molar-refractivity contribution in [1.82, 2.24) is 4.58 Å². The second kappa shape index (κ2) is 9.66. The Morgan fingerprint density at radius 1 is 0.833 bits per heavy atom. The van der Waals surface area contributed by atoms with Crippen molar-refractivity contribution in [3.63, 3.8) is 0 Å². The average molecular weight is 532 g/mol. The van der Waals surface area contributed by atoms with Gasteiger partial charge in [-0.05, 0) is 51.1 Å². The van der Waals surface area contributed by atoms with E-state index in [-0.39, 0.29) is 5.56 Å². The van der Waals surface area contributed by atoms with E-state index < -0.39 is 30.0 Å². The van der Waals surface area contributed by atoms with E-state index in [4.69, 9.17) is 4.42 Å². The van der Waals surface area contributed by atoms with Gasteiger partial charge >= 0.3 is 0 Å². The molecule has 2 aromatic carbocycles. The lowest BCUT2D eigenvalue weighted by atomic mass is 9.93. The highest BCUT2D eigenvalue weighted by molar-refractivity contribution is 7.86. The van der Waals surface area contributed by atoms with Crippen molar-refractivity contribution >= 4 is 36.9 Å². The normalized spacial score (nSPS) is 12.2. The molecular formula is C25H27N2O7S2+. The Balaban J connectivity index is 2.19. The summed E-state index contributed by atoms with van der Waals surface area (Å²) in [4.78, 5) is -1.29. The predicted molar refractivity (Wildman–Crippen MR) is 138 cm³/mol. The summed E-state index contributed by atoms with van der Waals surface area (Å²) in [6.45, 7) is 8.26. The fraction of sp³-hybridized carbons (Fsp3) is 0.240. The minimum Gasteiger partial charge on any atom is -0.456 e. The number of hydrogen-bond acceptors (Lipinski definition) is 6. The highest BCUT2D eigenvalue weighted by Gasteiger charge is 2.26. The van der Waals surface area contributed by atoms with E-state index in [9.17, 15) is 25.9 Å². The van der Waals surface area contributed by atoms with E-state index >= 15 is 0 Å². The van der Waals surface area contributed by atoms with Crippen LogP contribution in [-0.4, -0.2) is 45.6 Å². The maximum atomic E-state index is 12.4. The van der Waals surface area contributed by atoms with Gasteiger partial charge in [-0.2, -0.15) is 16.8 Å². The minimum atomic E-state index is -4.87. The molecular weight excluding hydrogens is 504 g/mol. The molecule has 0 amide bonds. The van der Waals surface area contributed by atoms with E-state index in [1.165, 1.54) is 6.07 Å². The lowest BCUT2D eigenvalue weighted by Gasteiger charge is -2.18. The number of benzene rings is 3. The highest BCUT2D eigenvalue weighted by atomic mass is 32.2. The Labute approximate surface area is 209 Å². The third-order valence-electron chi connectivity index (χ3n) is 6.01. The first-order chi connectivity index (χ1) is 17.0. The number of rotatable bonds is 7. The fourth-order valence-corrected chi connectivity index (χ4v) is 5.66. The molecule has 0 saturated carbocycles. The Morgan fingerprint density at radius 3 is 2.14 bits per heavy atom. The van der Waals surface area contributed by atoms with Crippen molar-refractivity contribution < 1.29 is 30.4 Å². The third-order valence-corrected chi connectivity index (χ3v) is 7.76. The van der Waals surface area contributed by atoms with E-state index in [2.05, 4.69) is 9.89 Å². The van der Waals surface area contributed by atoms with Gasteiger partial charge in [-0.25, -0.2) is 4.58 Å². The zero-order chi connectivity index (χ0) is 26.3. The van der Waals surface area contributed by atoms with Crippen LogP contribution in [0.3, 0.4) is 0 Å². The number of nitrogens with zero attached hydrogens (tertiary/aromatic N) is 1. The van der Waals surface area contributed by atoms with Crippen LogP contribution in [0.2, 0.25) is 0 Å². The number of hydrogen-bond donors (Lipinski definition) is 3. The van der Waals surface area contributed by atoms with Crippen molar-refractivity contribution in [2.24, 2.45) is 0 Å². The van der Waals surface area contributed by atoms with Gasteiger partial charge in [0.15, 0.2) is 0 Å². The molecule has 0 fully saturated rings. The van der Waals surface area contributed by atoms with Gasteiger partial charge in [-0.15, -0.1) is 0 Å². The van der Waals surface area contributed by atoms with E-state index in [1.807, 2.05) is 45.0 Å². The Bertz CT molecular complexity index is 1720. The molecule has 0 unspecified atom stereocenters. The molecule has 190 valence electrons. The van der Waals surface area contributed by atoms with Crippen LogP contribution in [0.15, 0.2) is 68.8 Å². The summed E-state index contributed by atoms with van der Waals surface area (Å²) >= 11 is 0. The molecule has 3 N–H and O–H groups in total. The van der Waals surface area contributed by atoms with Crippen LogP contribution < -0.4 is 15.2 Å². The first-order valence-corrected chi connectivity index (χ1v) is 14.3. The Hall–Kier alpha value is -3.25. The molecule has 0 spiro atoms. The molecule has 1 heterocycles. The molecule has 11 heteroatoms. The molecule has 4 rings (SSSR count). The average Bonchev–Trinajstić information content (AvgIpc) is 2.82. The Morgan fingerprint density at radius 2 is 1.53 bits per heavy atom. The van der Waals surface area contributed by atoms with Crippen LogP contribution in [-0.2, 0) is 20.2 Å². The SMILES string of the molecule is CCNc1ccc2c(-c3ccc(S(=O)(=O)O)cc3S(=O)(=O)O)c3ccc(=[N+](CC)CC)cc-3oc2c1. The quantitative estimate of drug-likeness (QED) is 0.185. The first kappa shape index (κ1) is 25.8. The monoisotopic (exact) mass is 531 g/mol. The fourth-order valence-electron chi connectivity index (χ4n) is 4.35. The van der Waals surface area contributed by atoms with Gasteiger partial charge in [0.1, 0.15) is 29.3 Å². The highest BCUT2D eigenvalue weighted by Crippen LogP contribution is 2.43. The molecule has 0 atom stereocenters. The topological polar surface area (TPSA) is 137 Å². The van der Waals surface area contributed by atoms with Gasteiger partial charge in [0.2, 0.25) is 5.36 Å².